The van der Waals surface area contributed by atoms with Crippen molar-refractivity contribution in [1.82, 2.24) is 5.32 Å². The molecule has 0 spiro atoms. The predicted octanol–water partition coefficient (Wildman–Crippen LogP) is 2.33. The number of hydrogen-bond acceptors (Lipinski definition) is 3. The van der Waals surface area contributed by atoms with Crippen molar-refractivity contribution in [1.29, 1.82) is 0 Å². The minimum absolute atomic E-state index is 0.173. The molecule has 2 atom stereocenters. The number of fused-ring (bicyclic) bond motifs is 1. The number of aliphatic hydroxyl groups is 1. The Kier molecular flexibility index (Phi) is 4.86. The normalized spacial score (nSPS) is 17.0. The number of aryl methyl sites for hydroxylation is 2. The summed E-state index contributed by atoms with van der Waals surface area (Å²) in [6.45, 7) is 4.32. The van der Waals surface area contributed by atoms with Crippen molar-refractivity contribution in [2.45, 2.75) is 38.9 Å². The molecule has 0 radical (unpaired) electrons. The van der Waals surface area contributed by atoms with Crippen LogP contribution in [0, 0.1) is 13.8 Å². The van der Waals surface area contributed by atoms with Crippen molar-refractivity contribution in [2.75, 3.05) is 6.54 Å². The summed E-state index contributed by atoms with van der Waals surface area (Å²) in [4.78, 5) is 12.3. The van der Waals surface area contributed by atoms with Crippen molar-refractivity contribution >= 4 is 5.91 Å². The van der Waals surface area contributed by atoms with Crippen LogP contribution in [0.2, 0.25) is 0 Å². The van der Waals surface area contributed by atoms with Gasteiger partial charge in [-0.1, -0.05) is 36.4 Å². The number of rotatable bonds is 5. The lowest BCUT2D eigenvalue weighted by molar-refractivity contribution is -0.127. The van der Waals surface area contributed by atoms with E-state index in [1.165, 1.54) is 5.56 Å². The first kappa shape index (κ1) is 16.5. The Balaban J connectivity index is 1.51. The highest BCUT2D eigenvalue weighted by molar-refractivity contribution is 5.82. The van der Waals surface area contributed by atoms with Crippen molar-refractivity contribution in [2.24, 2.45) is 0 Å². The van der Waals surface area contributed by atoms with Gasteiger partial charge in [-0.3, -0.25) is 4.79 Å². The first-order valence-electron chi connectivity index (χ1n) is 8.29. The van der Waals surface area contributed by atoms with Crippen LogP contribution in [0.5, 0.6) is 5.75 Å². The third-order valence-corrected chi connectivity index (χ3v) is 4.47. The first-order chi connectivity index (χ1) is 11.5. The van der Waals surface area contributed by atoms with Gasteiger partial charge in [0.05, 0.1) is 6.10 Å². The van der Waals surface area contributed by atoms with Gasteiger partial charge < -0.3 is 15.2 Å². The van der Waals surface area contributed by atoms with Crippen LogP contribution in [0.1, 0.15) is 22.3 Å². The molecule has 0 aromatic heterocycles. The molecule has 4 heteroatoms. The Morgan fingerprint density at radius 3 is 2.71 bits per heavy atom. The highest BCUT2D eigenvalue weighted by Crippen LogP contribution is 2.31. The smallest absolute Gasteiger partial charge is 0.261 e. The van der Waals surface area contributed by atoms with Crippen LogP contribution in [0.25, 0.3) is 0 Å². The van der Waals surface area contributed by atoms with Crippen LogP contribution >= 0.6 is 0 Å². The molecule has 1 aliphatic heterocycles. The Hall–Kier alpha value is -2.33. The Bertz CT molecular complexity index is 696. The molecule has 2 unspecified atom stereocenters. The predicted molar refractivity (Wildman–Crippen MR) is 93.2 cm³/mol. The lowest BCUT2D eigenvalue weighted by Gasteiger charge is -2.15. The fourth-order valence-electron chi connectivity index (χ4n) is 2.95. The molecule has 1 heterocycles. The Morgan fingerprint density at radius 1 is 1.25 bits per heavy atom. The summed E-state index contributed by atoms with van der Waals surface area (Å²) in [6.07, 6.45) is -0.0164. The molecule has 2 aromatic rings. The van der Waals surface area contributed by atoms with Crippen LogP contribution in [0.15, 0.2) is 42.5 Å². The molecular weight excluding hydrogens is 302 g/mol. The topological polar surface area (TPSA) is 58.6 Å². The summed E-state index contributed by atoms with van der Waals surface area (Å²) in [7, 11) is 0. The molecule has 0 saturated heterocycles. The number of carbonyl (C=O) groups excluding carboxylic acids is 1. The van der Waals surface area contributed by atoms with E-state index in [1.807, 2.05) is 43.3 Å². The van der Waals surface area contributed by atoms with Gasteiger partial charge in [0.1, 0.15) is 5.75 Å². The number of amides is 1. The number of ether oxygens (including phenoxy) is 1. The molecule has 0 bridgehead atoms. The summed E-state index contributed by atoms with van der Waals surface area (Å²) in [5.41, 5.74) is 4.49. The molecular formula is C20H23NO3. The van der Waals surface area contributed by atoms with Crippen LogP contribution in [-0.2, 0) is 17.6 Å². The van der Waals surface area contributed by atoms with Gasteiger partial charge in [-0.2, -0.15) is 0 Å². The first-order valence-corrected chi connectivity index (χ1v) is 8.29. The fraction of sp³-hybridized carbons (Fsp3) is 0.350. The summed E-state index contributed by atoms with van der Waals surface area (Å²) >= 11 is 0. The number of nitrogens with one attached hydrogen (secondary N) is 1. The van der Waals surface area contributed by atoms with E-state index in [1.54, 1.807) is 0 Å². The van der Waals surface area contributed by atoms with E-state index in [2.05, 4.69) is 18.3 Å². The summed E-state index contributed by atoms with van der Waals surface area (Å²) in [5, 5.41) is 12.9. The van der Waals surface area contributed by atoms with E-state index in [-0.39, 0.29) is 12.5 Å². The third-order valence-electron chi connectivity index (χ3n) is 4.47. The van der Waals surface area contributed by atoms with E-state index in [0.29, 0.717) is 12.8 Å². The molecule has 1 amide bonds. The monoisotopic (exact) mass is 325 g/mol. The zero-order valence-electron chi connectivity index (χ0n) is 14.1. The van der Waals surface area contributed by atoms with Gasteiger partial charge in [0.25, 0.3) is 5.91 Å². The molecule has 0 aliphatic carbocycles. The van der Waals surface area contributed by atoms with Crippen molar-refractivity contribution in [3.8, 4) is 5.75 Å². The second-order valence-electron chi connectivity index (χ2n) is 6.44. The fourth-order valence-corrected chi connectivity index (χ4v) is 2.95. The van der Waals surface area contributed by atoms with E-state index in [4.69, 9.17) is 4.74 Å². The maximum atomic E-state index is 12.3. The van der Waals surface area contributed by atoms with E-state index < -0.39 is 12.2 Å². The number of carbonyl (C=O) groups is 1. The largest absolute Gasteiger partial charge is 0.480 e. The number of aliphatic hydroxyl groups excluding tert-OH is 1. The van der Waals surface area contributed by atoms with Crippen LogP contribution in [0.3, 0.4) is 0 Å². The maximum Gasteiger partial charge on any atom is 0.261 e. The highest BCUT2D eigenvalue weighted by atomic mass is 16.5. The quantitative estimate of drug-likeness (QED) is 0.887. The molecule has 2 N–H and O–H groups in total. The summed E-state index contributed by atoms with van der Waals surface area (Å²) < 4.78 is 5.76. The molecule has 3 rings (SSSR count). The molecule has 2 aromatic carbocycles. The van der Waals surface area contributed by atoms with E-state index in [0.717, 1.165) is 22.4 Å². The minimum atomic E-state index is -0.607. The zero-order chi connectivity index (χ0) is 17.1. The molecule has 0 saturated carbocycles. The molecule has 126 valence electrons. The van der Waals surface area contributed by atoms with Gasteiger partial charge in [-0.05, 0) is 42.2 Å². The second-order valence-corrected chi connectivity index (χ2v) is 6.44. The van der Waals surface area contributed by atoms with Crippen molar-refractivity contribution < 1.29 is 14.6 Å². The van der Waals surface area contributed by atoms with Crippen LogP contribution < -0.4 is 10.1 Å². The van der Waals surface area contributed by atoms with Crippen LogP contribution in [-0.4, -0.2) is 29.8 Å². The number of benzene rings is 2. The SMILES string of the molecule is Cc1cc2c(cc1C)OC(C(=O)NCC(O)Cc1ccccc1)C2. The highest BCUT2D eigenvalue weighted by Gasteiger charge is 2.29. The van der Waals surface area contributed by atoms with Gasteiger partial charge in [0, 0.05) is 19.4 Å². The number of hydrogen-bond donors (Lipinski definition) is 2. The van der Waals surface area contributed by atoms with Gasteiger partial charge in [0.2, 0.25) is 0 Å². The zero-order valence-corrected chi connectivity index (χ0v) is 14.1. The Morgan fingerprint density at radius 2 is 1.96 bits per heavy atom. The van der Waals surface area contributed by atoms with Gasteiger partial charge in [-0.15, -0.1) is 0 Å². The van der Waals surface area contributed by atoms with Gasteiger partial charge >= 0.3 is 0 Å². The van der Waals surface area contributed by atoms with Crippen molar-refractivity contribution in [3.05, 3.63) is 64.7 Å². The molecule has 1 aliphatic rings. The lowest BCUT2D eigenvalue weighted by atomic mass is 10.0. The van der Waals surface area contributed by atoms with Crippen LogP contribution in [0.4, 0.5) is 0 Å². The van der Waals surface area contributed by atoms with Gasteiger partial charge in [0.15, 0.2) is 6.10 Å². The summed E-state index contributed by atoms with van der Waals surface area (Å²) in [6, 6.07) is 13.8. The lowest BCUT2D eigenvalue weighted by Crippen LogP contribution is -2.41. The van der Waals surface area contributed by atoms with E-state index >= 15 is 0 Å². The standard InChI is InChI=1S/C20H23NO3/c1-13-8-16-11-19(24-18(16)9-14(13)2)20(23)21-12-17(22)10-15-6-4-3-5-7-15/h3-9,17,19,22H,10-12H2,1-2H3,(H,21,23). The van der Waals surface area contributed by atoms with E-state index in [9.17, 15) is 9.90 Å². The third kappa shape index (κ3) is 3.77. The molecule has 0 fully saturated rings. The summed E-state index contributed by atoms with van der Waals surface area (Å²) in [5.74, 6) is 0.622. The maximum absolute atomic E-state index is 12.3. The molecule has 24 heavy (non-hydrogen) atoms. The molecule has 4 nitrogen and oxygen atoms in total. The average molecular weight is 325 g/mol. The average Bonchev–Trinajstić information content (AvgIpc) is 2.97. The Labute approximate surface area is 142 Å². The van der Waals surface area contributed by atoms with Crippen molar-refractivity contribution in [3.63, 3.8) is 0 Å². The second kappa shape index (κ2) is 7.05. The van der Waals surface area contributed by atoms with Gasteiger partial charge in [-0.25, -0.2) is 0 Å². The minimum Gasteiger partial charge on any atom is -0.480 e.